The second-order valence-corrected chi connectivity index (χ2v) is 13.2. The van der Waals surface area contributed by atoms with Crippen molar-refractivity contribution in [2.45, 2.75) is 206 Å². The van der Waals surface area contributed by atoms with Crippen molar-refractivity contribution in [1.29, 1.82) is 0 Å². The summed E-state index contributed by atoms with van der Waals surface area (Å²) in [5.74, 6) is 1.95. The average Bonchev–Trinajstić information content (AvgIpc) is 3.00. The fraction of sp³-hybridized carbons (Fsp3) is 0.900. The summed E-state index contributed by atoms with van der Waals surface area (Å²) in [7, 11) is 0. The molecule has 2 nitrogen and oxygen atoms in total. The molecule has 2 atom stereocenters. The lowest BCUT2D eigenvalue weighted by atomic mass is 9.78. The molecule has 0 saturated carbocycles. The Morgan fingerprint density at radius 2 is 0.595 bits per heavy atom. The molecule has 0 aliphatic rings. The molecular formula is C40H78O2. The van der Waals surface area contributed by atoms with E-state index in [1.165, 1.54) is 193 Å². The Balaban J connectivity index is 4.70. The first-order valence-electron chi connectivity index (χ1n) is 19.2. The van der Waals surface area contributed by atoms with E-state index in [1.54, 1.807) is 12.5 Å². The SMILES string of the molecule is C=COCCCCCCCCCC(CCCCCCCC)C(CCCCCCCCC)CCCCCCCCOC=C. The van der Waals surface area contributed by atoms with Gasteiger partial charge in [0.25, 0.3) is 0 Å². The van der Waals surface area contributed by atoms with E-state index in [2.05, 4.69) is 27.0 Å². The minimum absolute atomic E-state index is 0.842. The molecule has 2 unspecified atom stereocenters. The van der Waals surface area contributed by atoms with Crippen molar-refractivity contribution in [3.63, 3.8) is 0 Å². The zero-order chi connectivity index (χ0) is 30.6. The lowest BCUT2D eigenvalue weighted by Gasteiger charge is -2.28. The Morgan fingerprint density at radius 3 is 0.857 bits per heavy atom. The van der Waals surface area contributed by atoms with Crippen LogP contribution in [0.5, 0.6) is 0 Å². The summed E-state index contributed by atoms with van der Waals surface area (Å²) in [5.41, 5.74) is 0. The van der Waals surface area contributed by atoms with Gasteiger partial charge in [-0.1, -0.05) is 207 Å². The molecule has 250 valence electrons. The second-order valence-electron chi connectivity index (χ2n) is 13.2. The molecule has 0 fully saturated rings. The number of unbranched alkanes of at least 4 members (excludes halogenated alkanes) is 22. The fourth-order valence-corrected chi connectivity index (χ4v) is 6.72. The predicted octanol–water partition coefficient (Wildman–Crippen LogP) is 14.3. The molecule has 0 bridgehead atoms. The van der Waals surface area contributed by atoms with Crippen LogP contribution in [-0.4, -0.2) is 13.2 Å². The molecule has 0 amide bonds. The molecular weight excluding hydrogens is 512 g/mol. The molecule has 0 rings (SSSR count). The molecule has 0 heterocycles. The van der Waals surface area contributed by atoms with Crippen LogP contribution in [-0.2, 0) is 9.47 Å². The van der Waals surface area contributed by atoms with Crippen LogP contribution in [0, 0.1) is 11.8 Å². The van der Waals surface area contributed by atoms with Crippen LogP contribution < -0.4 is 0 Å². The molecule has 2 heteroatoms. The smallest absolute Gasteiger partial charge is 0.0873 e. The molecule has 0 radical (unpaired) electrons. The van der Waals surface area contributed by atoms with Crippen molar-refractivity contribution < 1.29 is 9.47 Å². The molecule has 0 saturated heterocycles. The fourth-order valence-electron chi connectivity index (χ4n) is 6.72. The van der Waals surface area contributed by atoms with Gasteiger partial charge in [-0.25, -0.2) is 0 Å². The first-order valence-corrected chi connectivity index (χ1v) is 19.2. The maximum Gasteiger partial charge on any atom is 0.0873 e. The Morgan fingerprint density at radius 1 is 0.357 bits per heavy atom. The molecule has 0 aliphatic carbocycles. The van der Waals surface area contributed by atoms with Crippen molar-refractivity contribution in [2.75, 3.05) is 13.2 Å². The maximum atomic E-state index is 5.29. The molecule has 0 aromatic rings. The number of hydrogen-bond donors (Lipinski definition) is 0. The largest absolute Gasteiger partial charge is 0.502 e. The first-order chi connectivity index (χ1) is 20.8. The minimum atomic E-state index is 0.842. The van der Waals surface area contributed by atoms with Gasteiger partial charge in [-0.05, 0) is 24.7 Å². The van der Waals surface area contributed by atoms with E-state index in [0.717, 1.165) is 25.0 Å². The minimum Gasteiger partial charge on any atom is -0.502 e. The van der Waals surface area contributed by atoms with Crippen LogP contribution >= 0.6 is 0 Å². The van der Waals surface area contributed by atoms with Crippen LogP contribution in [0.2, 0.25) is 0 Å². The summed E-state index contributed by atoms with van der Waals surface area (Å²) in [6, 6.07) is 0. The average molecular weight is 591 g/mol. The summed E-state index contributed by atoms with van der Waals surface area (Å²) in [6.07, 6.45) is 45.5. The zero-order valence-electron chi connectivity index (χ0n) is 29.2. The quantitative estimate of drug-likeness (QED) is 0.0529. The monoisotopic (exact) mass is 591 g/mol. The molecule has 0 N–H and O–H groups in total. The van der Waals surface area contributed by atoms with Crippen LogP contribution in [0.25, 0.3) is 0 Å². The topological polar surface area (TPSA) is 18.5 Å². The highest BCUT2D eigenvalue weighted by Crippen LogP contribution is 2.33. The third kappa shape index (κ3) is 30.5. The van der Waals surface area contributed by atoms with Gasteiger partial charge in [-0.3, -0.25) is 0 Å². The third-order valence-corrected chi connectivity index (χ3v) is 9.43. The van der Waals surface area contributed by atoms with Gasteiger partial charge in [-0.15, -0.1) is 0 Å². The van der Waals surface area contributed by atoms with Gasteiger partial charge in [0.2, 0.25) is 0 Å². The number of ether oxygens (including phenoxy) is 2. The van der Waals surface area contributed by atoms with Gasteiger partial charge in [0.1, 0.15) is 0 Å². The second kappa shape index (κ2) is 36.3. The summed E-state index contributed by atoms with van der Waals surface area (Å²) < 4.78 is 10.6. The number of rotatable bonds is 37. The van der Waals surface area contributed by atoms with Gasteiger partial charge in [0.05, 0.1) is 25.7 Å². The van der Waals surface area contributed by atoms with E-state index in [4.69, 9.17) is 9.47 Å². The molecule has 0 spiro atoms. The van der Waals surface area contributed by atoms with Crippen LogP contribution in [0.15, 0.2) is 25.7 Å². The van der Waals surface area contributed by atoms with Crippen molar-refractivity contribution in [2.24, 2.45) is 11.8 Å². The van der Waals surface area contributed by atoms with E-state index in [0.29, 0.717) is 0 Å². The van der Waals surface area contributed by atoms with Gasteiger partial charge in [0.15, 0.2) is 0 Å². The zero-order valence-corrected chi connectivity index (χ0v) is 29.2. The number of hydrogen-bond acceptors (Lipinski definition) is 2. The van der Waals surface area contributed by atoms with Gasteiger partial charge in [0, 0.05) is 0 Å². The Labute approximate surface area is 266 Å². The lowest BCUT2D eigenvalue weighted by molar-refractivity contribution is 0.234. The predicted molar refractivity (Wildman–Crippen MR) is 189 cm³/mol. The van der Waals surface area contributed by atoms with Gasteiger partial charge >= 0.3 is 0 Å². The molecule has 42 heavy (non-hydrogen) atoms. The maximum absolute atomic E-state index is 5.29. The van der Waals surface area contributed by atoms with Crippen molar-refractivity contribution >= 4 is 0 Å². The van der Waals surface area contributed by atoms with Crippen LogP contribution in [0.4, 0.5) is 0 Å². The van der Waals surface area contributed by atoms with E-state index in [-0.39, 0.29) is 0 Å². The summed E-state index contributed by atoms with van der Waals surface area (Å²) in [5, 5.41) is 0. The highest BCUT2D eigenvalue weighted by molar-refractivity contribution is 4.72. The van der Waals surface area contributed by atoms with Crippen molar-refractivity contribution in [3.05, 3.63) is 25.7 Å². The summed E-state index contributed by atoms with van der Waals surface area (Å²) >= 11 is 0. The van der Waals surface area contributed by atoms with Crippen molar-refractivity contribution in [1.82, 2.24) is 0 Å². The van der Waals surface area contributed by atoms with E-state index < -0.39 is 0 Å². The van der Waals surface area contributed by atoms with Gasteiger partial charge < -0.3 is 9.47 Å². The molecule has 0 aromatic heterocycles. The first kappa shape index (κ1) is 41.1. The van der Waals surface area contributed by atoms with Gasteiger partial charge in [-0.2, -0.15) is 0 Å². The summed E-state index contributed by atoms with van der Waals surface area (Å²) in [4.78, 5) is 0. The van der Waals surface area contributed by atoms with Crippen molar-refractivity contribution in [3.8, 4) is 0 Å². The Kier molecular flexibility index (Phi) is 35.5. The summed E-state index contributed by atoms with van der Waals surface area (Å²) in [6.45, 7) is 13.6. The van der Waals surface area contributed by atoms with E-state index >= 15 is 0 Å². The Hall–Kier alpha value is -0.920. The standard InChI is InChI=1S/C40H78O2/c1-5-9-11-13-16-22-28-34-40(36-30-24-18-20-26-32-38-42-8-4)39(33-27-21-14-12-10-6-2)35-29-23-17-15-19-25-31-37-41-7-3/h7-8,39-40H,3-6,9-38H2,1-2H3. The molecule has 0 aliphatic heterocycles. The van der Waals surface area contributed by atoms with E-state index in [1.807, 2.05) is 0 Å². The lowest BCUT2D eigenvalue weighted by Crippen LogP contribution is -2.16. The third-order valence-electron chi connectivity index (χ3n) is 9.43. The Bertz CT molecular complexity index is 516. The highest BCUT2D eigenvalue weighted by atomic mass is 16.5. The van der Waals surface area contributed by atoms with Crippen LogP contribution in [0.3, 0.4) is 0 Å². The highest BCUT2D eigenvalue weighted by Gasteiger charge is 2.20. The normalized spacial score (nSPS) is 12.7. The van der Waals surface area contributed by atoms with Crippen LogP contribution in [0.1, 0.15) is 206 Å². The van der Waals surface area contributed by atoms with E-state index in [9.17, 15) is 0 Å². The molecule has 0 aromatic carbocycles.